The van der Waals surface area contributed by atoms with Crippen molar-refractivity contribution in [3.8, 4) is 0 Å². The van der Waals surface area contributed by atoms with Crippen molar-refractivity contribution in [2.45, 2.75) is 32.5 Å². The zero-order valence-electron chi connectivity index (χ0n) is 10.5. The van der Waals surface area contributed by atoms with Crippen LogP contribution in [0.15, 0.2) is 12.3 Å². The van der Waals surface area contributed by atoms with Gasteiger partial charge in [0, 0.05) is 18.8 Å². The number of carbonyl (C=O) groups is 1. The summed E-state index contributed by atoms with van der Waals surface area (Å²) in [5, 5.41) is 8.71. The van der Waals surface area contributed by atoms with Crippen molar-refractivity contribution in [2.24, 2.45) is 0 Å². The average Bonchev–Trinajstić information content (AvgIpc) is 2.28. The van der Waals surface area contributed by atoms with Crippen molar-refractivity contribution in [3.05, 3.63) is 18.0 Å². The fourth-order valence-corrected chi connectivity index (χ4v) is 1.66. The number of halogens is 3. The summed E-state index contributed by atoms with van der Waals surface area (Å²) in [5.74, 6) is -1.15. The lowest BCUT2D eigenvalue weighted by atomic mass is 10.2. The molecular weight excluding hydrogens is 263 g/mol. The van der Waals surface area contributed by atoms with Gasteiger partial charge in [-0.05, 0) is 19.9 Å². The van der Waals surface area contributed by atoms with E-state index >= 15 is 0 Å². The van der Waals surface area contributed by atoms with Crippen LogP contribution in [0.3, 0.4) is 0 Å². The molecule has 0 saturated heterocycles. The highest BCUT2D eigenvalue weighted by atomic mass is 19.4. The summed E-state index contributed by atoms with van der Waals surface area (Å²) in [6.07, 6.45) is -3.73. The summed E-state index contributed by atoms with van der Waals surface area (Å²) in [6, 6.07) is 0.283. The minimum atomic E-state index is -4.55. The van der Waals surface area contributed by atoms with Gasteiger partial charge in [-0.2, -0.15) is 13.2 Å². The van der Waals surface area contributed by atoms with Crippen LogP contribution >= 0.6 is 0 Å². The molecule has 0 aliphatic heterocycles. The fraction of sp³-hybridized carbons (Fsp3) is 0.545. The molecular formula is C11H14F3N3O2. The highest BCUT2D eigenvalue weighted by Gasteiger charge is 2.33. The van der Waals surface area contributed by atoms with E-state index in [-0.39, 0.29) is 12.4 Å². The molecule has 1 rings (SSSR count). The van der Waals surface area contributed by atoms with E-state index in [1.54, 1.807) is 13.8 Å². The molecule has 19 heavy (non-hydrogen) atoms. The van der Waals surface area contributed by atoms with Crippen LogP contribution in [0.25, 0.3) is 0 Å². The van der Waals surface area contributed by atoms with Crippen LogP contribution < -0.4 is 4.90 Å². The highest BCUT2D eigenvalue weighted by molar-refractivity contribution is 5.68. The summed E-state index contributed by atoms with van der Waals surface area (Å²) in [4.78, 5) is 19.3. The third kappa shape index (κ3) is 4.08. The second-order valence-corrected chi connectivity index (χ2v) is 3.97. The van der Waals surface area contributed by atoms with Crippen LogP contribution in [0.4, 0.5) is 19.1 Å². The van der Waals surface area contributed by atoms with Crippen LogP contribution in [0.2, 0.25) is 0 Å². The number of rotatable bonds is 5. The minimum absolute atomic E-state index is 0.119. The Kier molecular flexibility index (Phi) is 4.68. The van der Waals surface area contributed by atoms with Gasteiger partial charge in [0.05, 0.1) is 6.42 Å². The molecule has 0 amide bonds. The van der Waals surface area contributed by atoms with Crippen molar-refractivity contribution in [1.82, 2.24) is 9.97 Å². The van der Waals surface area contributed by atoms with Gasteiger partial charge in [0.25, 0.3) is 0 Å². The lowest BCUT2D eigenvalue weighted by Gasteiger charge is -2.27. The highest BCUT2D eigenvalue weighted by Crippen LogP contribution is 2.28. The molecule has 5 nitrogen and oxygen atoms in total. The SMILES string of the molecule is CCN(c1nccc(C(F)(F)F)n1)C(C)CC(=O)O. The summed E-state index contributed by atoms with van der Waals surface area (Å²) >= 11 is 0. The number of aliphatic carboxylic acids is 1. The van der Waals surface area contributed by atoms with Crippen LogP contribution in [0.1, 0.15) is 26.0 Å². The third-order valence-corrected chi connectivity index (χ3v) is 2.53. The van der Waals surface area contributed by atoms with Gasteiger partial charge in [0.1, 0.15) is 5.69 Å². The van der Waals surface area contributed by atoms with Gasteiger partial charge in [-0.15, -0.1) is 0 Å². The molecule has 1 aromatic rings. The van der Waals surface area contributed by atoms with E-state index in [4.69, 9.17) is 5.11 Å². The van der Waals surface area contributed by atoms with Crippen molar-refractivity contribution in [3.63, 3.8) is 0 Å². The Hall–Kier alpha value is -1.86. The molecule has 1 unspecified atom stereocenters. The van der Waals surface area contributed by atoms with E-state index in [2.05, 4.69) is 9.97 Å². The molecule has 1 atom stereocenters. The Morgan fingerprint density at radius 2 is 2.16 bits per heavy atom. The second kappa shape index (κ2) is 5.85. The monoisotopic (exact) mass is 277 g/mol. The molecule has 8 heteroatoms. The summed E-state index contributed by atoms with van der Waals surface area (Å²) in [7, 11) is 0. The van der Waals surface area contributed by atoms with Crippen LogP contribution in [0.5, 0.6) is 0 Å². The molecule has 0 spiro atoms. The molecule has 1 aromatic heterocycles. The quantitative estimate of drug-likeness (QED) is 0.893. The molecule has 0 aliphatic rings. The van der Waals surface area contributed by atoms with Gasteiger partial charge in [-0.1, -0.05) is 0 Å². The summed E-state index contributed by atoms with van der Waals surface area (Å²) in [6.45, 7) is 3.61. The van der Waals surface area contributed by atoms with E-state index in [1.807, 2.05) is 0 Å². The van der Waals surface area contributed by atoms with Crippen molar-refractivity contribution in [2.75, 3.05) is 11.4 Å². The van der Waals surface area contributed by atoms with Gasteiger partial charge in [-0.25, -0.2) is 9.97 Å². The number of carboxylic acid groups (broad SMARTS) is 1. The number of hydrogen-bond donors (Lipinski definition) is 1. The first-order chi connectivity index (χ1) is 8.75. The molecule has 0 aliphatic carbocycles. The van der Waals surface area contributed by atoms with E-state index < -0.39 is 23.9 Å². The van der Waals surface area contributed by atoms with E-state index in [1.165, 1.54) is 4.90 Å². The first kappa shape index (κ1) is 15.2. The predicted octanol–water partition coefficient (Wildman–Crippen LogP) is 2.18. The average molecular weight is 277 g/mol. The topological polar surface area (TPSA) is 66.3 Å². The Bertz CT molecular complexity index is 451. The van der Waals surface area contributed by atoms with Gasteiger partial charge in [-0.3, -0.25) is 4.79 Å². The van der Waals surface area contributed by atoms with Crippen LogP contribution in [-0.4, -0.2) is 33.6 Å². The molecule has 106 valence electrons. The van der Waals surface area contributed by atoms with E-state index in [9.17, 15) is 18.0 Å². The largest absolute Gasteiger partial charge is 0.481 e. The zero-order chi connectivity index (χ0) is 14.6. The lowest BCUT2D eigenvalue weighted by Crippen LogP contribution is -2.36. The molecule has 0 aromatic carbocycles. The second-order valence-electron chi connectivity index (χ2n) is 3.97. The van der Waals surface area contributed by atoms with Crippen LogP contribution in [-0.2, 0) is 11.0 Å². The summed E-state index contributed by atoms with van der Waals surface area (Å²) in [5.41, 5.74) is -1.04. The van der Waals surface area contributed by atoms with Gasteiger partial charge in [0.15, 0.2) is 0 Å². The molecule has 0 fully saturated rings. The first-order valence-electron chi connectivity index (χ1n) is 5.64. The molecule has 0 radical (unpaired) electrons. The van der Waals surface area contributed by atoms with Gasteiger partial charge < -0.3 is 10.0 Å². The Balaban J connectivity index is 3.02. The standard InChI is InChI=1S/C11H14F3N3O2/c1-3-17(7(2)6-9(18)19)10-15-5-4-8(16-10)11(12,13)14/h4-5,7H,3,6H2,1-2H3,(H,18,19). The number of aromatic nitrogens is 2. The van der Waals surface area contributed by atoms with Crippen molar-refractivity contribution in [1.29, 1.82) is 0 Å². The minimum Gasteiger partial charge on any atom is -0.481 e. The number of anilines is 1. The molecule has 0 bridgehead atoms. The van der Waals surface area contributed by atoms with Crippen molar-refractivity contribution < 1.29 is 23.1 Å². The molecule has 1 N–H and O–H groups in total. The Morgan fingerprint density at radius 3 is 2.63 bits per heavy atom. The Labute approximate surface area is 108 Å². The smallest absolute Gasteiger partial charge is 0.433 e. The maximum absolute atomic E-state index is 12.5. The maximum atomic E-state index is 12.5. The third-order valence-electron chi connectivity index (χ3n) is 2.53. The number of nitrogens with zero attached hydrogens (tertiary/aromatic N) is 3. The number of hydrogen-bond acceptors (Lipinski definition) is 4. The first-order valence-corrected chi connectivity index (χ1v) is 5.64. The summed E-state index contributed by atoms with van der Waals surface area (Å²) < 4.78 is 37.6. The maximum Gasteiger partial charge on any atom is 0.433 e. The van der Waals surface area contributed by atoms with E-state index in [0.717, 1.165) is 12.3 Å². The molecule has 1 heterocycles. The Morgan fingerprint density at radius 1 is 1.53 bits per heavy atom. The lowest BCUT2D eigenvalue weighted by molar-refractivity contribution is -0.141. The van der Waals surface area contributed by atoms with E-state index in [0.29, 0.717) is 6.54 Å². The zero-order valence-corrected chi connectivity index (χ0v) is 10.5. The van der Waals surface area contributed by atoms with Gasteiger partial charge in [0.2, 0.25) is 5.95 Å². The predicted molar refractivity (Wildman–Crippen MR) is 61.8 cm³/mol. The fourth-order valence-electron chi connectivity index (χ4n) is 1.66. The molecule has 0 saturated carbocycles. The van der Waals surface area contributed by atoms with Crippen molar-refractivity contribution >= 4 is 11.9 Å². The van der Waals surface area contributed by atoms with Crippen LogP contribution in [0, 0.1) is 0 Å². The number of alkyl halides is 3. The van der Waals surface area contributed by atoms with Gasteiger partial charge >= 0.3 is 12.1 Å². The normalized spacial score (nSPS) is 13.1. The number of carboxylic acids is 1.